The summed E-state index contributed by atoms with van der Waals surface area (Å²) in [5.74, 6) is 0.252. The molecular weight excluding hydrogens is 326 g/mol. The molecule has 2 aromatic rings. The molecular formula is C18H20ClN3O2. The molecule has 126 valence electrons. The molecule has 1 aromatic carbocycles. The summed E-state index contributed by atoms with van der Waals surface area (Å²) in [5.41, 5.74) is 0.324. The SMILES string of the molecule is Cc1onc(-c2ccccc2Cl)c1C(=O)N[C@@](C)(C#N)CC(C)C. The number of amides is 1. The number of hydrogen-bond acceptors (Lipinski definition) is 4. The Morgan fingerprint density at radius 3 is 2.71 bits per heavy atom. The molecule has 0 spiro atoms. The Morgan fingerprint density at radius 2 is 2.12 bits per heavy atom. The first kappa shape index (κ1) is 18.0. The van der Waals surface area contributed by atoms with Crippen LogP contribution in [0, 0.1) is 24.2 Å². The highest BCUT2D eigenvalue weighted by Crippen LogP contribution is 2.31. The quantitative estimate of drug-likeness (QED) is 0.873. The minimum absolute atomic E-state index is 0.265. The summed E-state index contributed by atoms with van der Waals surface area (Å²) >= 11 is 6.21. The van der Waals surface area contributed by atoms with Crippen molar-refractivity contribution in [1.82, 2.24) is 10.5 Å². The first-order valence-corrected chi connectivity index (χ1v) is 8.10. The summed E-state index contributed by atoms with van der Waals surface area (Å²) in [6.07, 6.45) is 0.543. The van der Waals surface area contributed by atoms with E-state index in [9.17, 15) is 10.1 Å². The van der Waals surface area contributed by atoms with Gasteiger partial charge in [-0.3, -0.25) is 4.79 Å². The molecule has 1 N–H and O–H groups in total. The standard InChI is InChI=1S/C18H20ClN3O2/c1-11(2)9-18(4,10-20)21-17(23)15-12(3)24-22-16(15)13-7-5-6-8-14(13)19/h5-8,11H,9H2,1-4H3,(H,21,23)/t18-/m1/s1. The molecule has 1 heterocycles. The van der Waals surface area contributed by atoms with E-state index in [2.05, 4.69) is 16.5 Å². The Kier molecular flexibility index (Phi) is 5.30. The van der Waals surface area contributed by atoms with Gasteiger partial charge in [0.1, 0.15) is 22.6 Å². The van der Waals surface area contributed by atoms with Gasteiger partial charge in [-0.15, -0.1) is 0 Å². The average molecular weight is 346 g/mol. The number of halogens is 1. The number of nitriles is 1. The average Bonchev–Trinajstić information content (AvgIpc) is 2.88. The van der Waals surface area contributed by atoms with Gasteiger partial charge in [0, 0.05) is 5.56 Å². The lowest BCUT2D eigenvalue weighted by Gasteiger charge is -2.25. The van der Waals surface area contributed by atoms with Crippen molar-refractivity contribution in [2.75, 3.05) is 0 Å². The van der Waals surface area contributed by atoms with Gasteiger partial charge >= 0.3 is 0 Å². The fraction of sp³-hybridized carbons (Fsp3) is 0.389. The fourth-order valence-electron chi connectivity index (χ4n) is 2.73. The Balaban J connectivity index is 2.40. The van der Waals surface area contributed by atoms with Crippen molar-refractivity contribution < 1.29 is 9.32 Å². The van der Waals surface area contributed by atoms with Crippen molar-refractivity contribution in [3.05, 3.63) is 40.6 Å². The summed E-state index contributed by atoms with van der Waals surface area (Å²) < 4.78 is 5.20. The second-order valence-electron chi connectivity index (χ2n) is 6.44. The molecule has 24 heavy (non-hydrogen) atoms. The number of carbonyl (C=O) groups is 1. The molecule has 1 aromatic heterocycles. The largest absolute Gasteiger partial charge is 0.360 e. The van der Waals surface area contributed by atoms with E-state index in [4.69, 9.17) is 16.1 Å². The summed E-state index contributed by atoms with van der Waals surface area (Å²) in [6, 6.07) is 9.29. The summed E-state index contributed by atoms with van der Waals surface area (Å²) in [7, 11) is 0. The second kappa shape index (κ2) is 7.06. The lowest BCUT2D eigenvalue weighted by molar-refractivity contribution is 0.0916. The smallest absolute Gasteiger partial charge is 0.258 e. The van der Waals surface area contributed by atoms with Crippen molar-refractivity contribution in [2.45, 2.75) is 39.7 Å². The van der Waals surface area contributed by atoms with Gasteiger partial charge in [-0.25, -0.2) is 0 Å². The normalized spacial score (nSPS) is 13.4. The van der Waals surface area contributed by atoms with E-state index >= 15 is 0 Å². The number of nitrogens with zero attached hydrogens (tertiary/aromatic N) is 2. The molecule has 0 unspecified atom stereocenters. The minimum atomic E-state index is -0.966. The van der Waals surface area contributed by atoms with E-state index in [1.165, 1.54) is 0 Å². The van der Waals surface area contributed by atoms with Crippen LogP contribution in [0.15, 0.2) is 28.8 Å². The maximum atomic E-state index is 12.8. The van der Waals surface area contributed by atoms with E-state index in [1.54, 1.807) is 32.0 Å². The Hall–Kier alpha value is -2.32. The highest BCUT2D eigenvalue weighted by molar-refractivity contribution is 6.33. The highest BCUT2D eigenvalue weighted by atomic mass is 35.5. The zero-order valence-corrected chi connectivity index (χ0v) is 14.9. The second-order valence-corrected chi connectivity index (χ2v) is 6.85. The zero-order chi connectivity index (χ0) is 17.9. The molecule has 0 aliphatic heterocycles. The topological polar surface area (TPSA) is 78.9 Å². The Bertz CT molecular complexity index is 792. The monoisotopic (exact) mass is 345 g/mol. The molecule has 0 bridgehead atoms. The fourth-order valence-corrected chi connectivity index (χ4v) is 2.96. The molecule has 2 rings (SSSR count). The molecule has 5 nitrogen and oxygen atoms in total. The van der Waals surface area contributed by atoms with Crippen molar-refractivity contribution in [2.24, 2.45) is 5.92 Å². The molecule has 0 aliphatic carbocycles. The molecule has 0 radical (unpaired) electrons. The molecule has 6 heteroatoms. The van der Waals surface area contributed by atoms with Crippen molar-refractivity contribution in [3.8, 4) is 17.3 Å². The van der Waals surface area contributed by atoms with Gasteiger partial charge in [-0.2, -0.15) is 5.26 Å². The maximum absolute atomic E-state index is 12.8. The van der Waals surface area contributed by atoms with E-state index in [0.717, 1.165) is 0 Å². The van der Waals surface area contributed by atoms with Crippen LogP contribution in [-0.4, -0.2) is 16.6 Å². The maximum Gasteiger partial charge on any atom is 0.258 e. The van der Waals surface area contributed by atoms with E-state index in [0.29, 0.717) is 34.0 Å². The van der Waals surface area contributed by atoms with Crippen LogP contribution in [0.3, 0.4) is 0 Å². The number of rotatable bonds is 5. The predicted molar refractivity (Wildman–Crippen MR) is 92.6 cm³/mol. The number of benzene rings is 1. The number of aromatic nitrogens is 1. The van der Waals surface area contributed by atoms with Crippen LogP contribution in [0.4, 0.5) is 0 Å². The van der Waals surface area contributed by atoms with Gasteiger partial charge in [-0.1, -0.05) is 48.8 Å². The van der Waals surface area contributed by atoms with E-state index in [-0.39, 0.29) is 5.92 Å². The van der Waals surface area contributed by atoms with Gasteiger partial charge in [0.05, 0.1) is 11.1 Å². The van der Waals surface area contributed by atoms with Crippen LogP contribution >= 0.6 is 11.6 Å². The molecule has 0 fully saturated rings. The first-order chi connectivity index (χ1) is 11.3. The highest BCUT2D eigenvalue weighted by Gasteiger charge is 2.31. The molecule has 0 saturated heterocycles. The van der Waals surface area contributed by atoms with Crippen LogP contribution in [0.1, 0.15) is 43.3 Å². The minimum Gasteiger partial charge on any atom is -0.360 e. The van der Waals surface area contributed by atoms with Crippen molar-refractivity contribution in [1.29, 1.82) is 5.26 Å². The van der Waals surface area contributed by atoms with Crippen LogP contribution in [0.25, 0.3) is 11.3 Å². The third-order valence-corrected chi connectivity index (χ3v) is 4.00. The van der Waals surface area contributed by atoms with Gasteiger partial charge < -0.3 is 9.84 Å². The van der Waals surface area contributed by atoms with Crippen molar-refractivity contribution >= 4 is 17.5 Å². The first-order valence-electron chi connectivity index (χ1n) is 7.72. The van der Waals surface area contributed by atoms with Gasteiger partial charge in [0.15, 0.2) is 0 Å². The van der Waals surface area contributed by atoms with Crippen LogP contribution in [-0.2, 0) is 0 Å². The predicted octanol–water partition coefficient (Wildman–Crippen LogP) is 4.36. The van der Waals surface area contributed by atoms with Gasteiger partial charge in [0.2, 0.25) is 0 Å². The lowest BCUT2D eigenvalue weighted by atomic mass is 9.91. The summed E-state index contributed by atoms with van der Waals surface area (Å²) in [4.78, 5) is 12.8. The number of hydrogen-bond donors (Lipinski definition) is 1. The third-order valence-electron chi connectivity index (χ3n) is 3.67. The summed E-state index contributed by atoms with van der Waals surface area (Å²) in [5, 5.41) is 16.7. The van der Waals surface area contributed by atoms with Crippen LogP contribution < -0.4 is 5.32 Å². The van der Waals surface area contributed by atoms with Gasteiger partial charge in [0.25, 0.3) is 5.91 Å². The number of carbonyl (C=O) groups excluding carboxylic acids is 1. The lowest BCUT2D eigenvalue weighted by Crippen LogP contribution is -2.46. The number of aryl methyl sites for hydroxylation is 1. The molecule has 0 aliphatic rings. The summed E-state index contributed by atoms with van der Waals surface area (Å²) in [6.45, 7) is 7.38. The Morgan fingerprint density at radius 1 is 1.46 bits per heavy atom. The van der Waals surface area contributed by atoms with Crippen molar-refractivity contribution in [3.63, 3.8) is 0 Å². The molecule has 1 atom stereocenters. The van der Waals surface area contributed by atoms with E-state index in [1.807, 2.05) is 19.9 Å². The van der Waals surface area contributed by atoms with Crippen LogP contribution in [0.5, 0.6) is 0 Å². The van der Waals surface area contributed by atoms with Crippen LogP contribution in [0.2, 0.25) is 5.02 Å². The zero-order valence-electron chi connectivity index (χ0n) is 14.2. The third kappa shape index (κ3) is 3.77. The molecule has 0 saturated carbocycles. The van der Waals surface area contributed by atoms with E-state index < -0.39 is 11.4 Å². The number of nitrogens with one attached hydrogen (secondary N) is 1. The van der Waals surface area contributed by atoms with Gasteiger partial charge in [-0.05, 0) is 32.3 Å². The molecule has 1 amide bonds. The Labute approximate surface area is 146 Å².